The van der Waals surface area contributed by atoms with Gasteiger partial charge in [-0.25, -0.2) is 14.4 Å². The molecule has 1 N–H and O–H groups in total. The van der Waals surface area contributed by atoms with Crippen LogP contribution in [0.3, 0.4) is 0 Å². The van der Waals surface area contributed by atoms with E-state index in [-0.39, 0.29) is 18.3 Å². The Balaban J connectivity index is 1.36. The van der Waals surface area contributed by atoms with Crippen molar-refractivity contribution in [3.05, 3.63) is 82.4 Å². The van der Waals surface area contributed by atoms with E-state index >= 15 is 0 Å². The first-order chi connectivity index (χ1) is 15.0. The lowest BCUT2D eigenvalue weighted by molar-refractivity contribution is 0.0745. The molecule has 8 heteroatoms. The van der Waals surface area contributed by atoms with E-state index in [1.54, 1.807) is 31.3 Å². The van der Waals surface area contributed by atoms with Crippen LogP contribution in [0, 0.1) is 12.7 Å². The van der Waals surface area contributed by atoms with Gasteiger partial charge in [-0.05, 0) is 37.3 Å². The summed E-state index contributed by atoms with van der Waals surface area (Å²) in [6.45, 7) is 4.78. The lowest BCUT2D eigenvalue weighted by Crippen LogP contribution is -2.49. The topological polar surface area (TPSA) is 61.4 Å². The molecule has 3 aromatic rings. The number of halogens is 2. The molecule has 1 aliphatic rings. The number of piperazine rings is 1. The highest BCUT2D eigenvalue weighted by molar-refractivity contribution is 6.30. The minimum Gasteiger partial charge on any atom is -0.368 e. The average molecular weight is 440 g/mol. The molecule has 1 amide bonds. The number of carbonyl (C=O) groups is 1. The third-order valence-electron chi connectivity index (χ3n) is 5.36. The van der Waals surface area contributed by atoms with Crippen LogP contribution in [0.25, 0.3) is 0 Å². The molecular formula is C23H23ClFN5O. The number of hydrogen-bond donors (Lipinski definition) is 1. The zero-order chi connectivity index (χ0) is 21.8. The minimum atomic E-state index is -0.281. The molecule has 6 nitrogen and oxygen atoms in total. The fraction of sp³-hybridized carbons (Fsp3) is 0.261. The Kier molecular flexibility index (Phi) is 6.32. The molecule has 0 bridgehead atoms. The highest BCUT2D eigenvalue weighted by atomic mass is 35.5. The first-order valence-corrected chi connectivity index (χ1v) is 10.5. The summed E-state index contributed by atoms with van der Waals surface area (Å²) in [5.41, 5.74) is 2.70. The van der Waals surface area contributed by atoms with Crippen molar-refractivity contribution in [2.24, 2.45) is 0 Å². The van der Waals surface area contributed by atoms with Gasteiger partial charge in [0.2, 0.25) is 5.95 Å². The number of carbonyl (C=O) groups excluding carboxylic acids is 1. The van der Waals surface area contributed by atoms with Gasteiger partial charge in [0.05, 0.1) is 11.3 Å². The average Bonchev–Trinajstić information content (AvgIpc) is 2.79. The fourth-order valence-electron chi connectivity index (χ4n) is 3.57. The summed E-state index contributed by atoms with van der Waals surface area (Å²) in [5, 5.41) is 3.72. The van der Waals surface area contributed by atoms with Crippen molar-refractivity contribution in [3.8, 4) is 0 Å². The van der Waals surface area contributed by atoms with Crippen LogP contribution in [0.4, 0.5) is 16.0 Å². The molecule has 2 heterocycles. The first kappa shape index (κ1) is 21.1. The standard InChI is InChI=1S/C23H23ClFN5O/c1-16-20(15-27-23(28-16)26-14-17-4-2-3-5-21(17)25)22(31)30-12-10-29(11-13-30)19-8-6-18(24)7-9-19/h2-9,15H,10-14H2,1H3,(H,26,27,28). The molecule has 1 aromatic heterocycles. The van der Waals surface area contributed by atoms with Crippen LogP contribution in [-0.2, 0) is 6.54 Å². The number of nitrogens with one attached hydrogen (secondary N) is 1. The summed E-state index contributed by atoms with van der Waals surface area (Å²) >= 11 is 5.96. The quantitative estimate of drug-likeness (QED) is 0.647. The molecule has 160 valence electrons. The second kappa shape index (κ2) is 9.31. The molecule has 0 radical (unpaired) electrons. The number of aryl methyl sites for hydroxylation is 1. The number of amides is 1. The van der Waals surface area contributed by atoms with E-state index in [1.807, 2.05) is 29.2 Å². The SMILES string of the molecule is Cc1nc(NCc2ccccc2F)ncc1C(=O)N1CCN(c2ccc(Cl)cc2)CC1. The number of anilines is 2. The van der Waals surface area contributed by atoms with Crippen LogP contribution in [0.15, 0.2) is 54.7 Å². The Morgan fingerprint density at radius 1 is 1.10 bits per heavy atom. The molecule has 0 spiro atoms. The Labute approximate surface area is 185 Å². The lowest BCUT2D eigenvalue weighted by atomic mass is 10.2. The van der Waals surface area contributed by atoms with Gasteiger partial charge in [-0.2, -0.15) is 0 Å². The molecule has 0 saturated carbocycles. The maximum absolute atomic E-state index is 13.8. The van der Waals surface area contributed by atoms with Gasteiger partial charge in [0, 0.05) is 55.2 Å². The summed E-state index contributed by atoms with van der Waals surface area (Å²) < 4.78 is 13.8. The van der Waals surface area contributed by atoms with Crippen molar-refractivity contribution in [3.63, 3.8) is 0 Å². The van der Waals surface area contributed by atoms with E-state index in [4.69, 9.17) is 11.6 Å². The largest absolute Gasteiger partial charge is 0.368 e. The minimum absolute atomic E-state index is 0.0751. The number of aromatic nitrogens is 2. The van der Waals surface area contributed by atoms with Gasteiger partial charge in [0.1, 0.15) is 5.82 Å². The molecule has 1 aliphatic heterocycles. The monoisotopic (exact) mass is 439 g/mol. The molecule has 0 aliphatic carbocycles. The van der Waals surface area contributed by atoms with E-state index in [2.05, 4.69) is 20.2 Å². The van der Waals surface area contributed by atoms with Gasteiger partial charge in [0.25, 0.3) is 5.91 Å². The van der Waals surface area contributed by atoms with Crippen molar-refractivity contribution in [1.29, 1.82) is 0 Å². The zero-order valence-electron chi connectivity index (χ0n) is 17.2. The van der Waals surface area contributed by atoms with Crippen LogP contribution in [-0.4, -0.2) is 47.0 Å². The van der Waals surface area contributed by atoms with Gasteiger partial charge in [0.15, 0.2) is 0 Å². The van der Waals surface area contributed by atoms with Gasteiger partial charge >= 0.3 is 0 Å². The molecule has 31 heavy (non-hydrogen) atoms. The molecular weight excluding hydrogens is 417 g/mol. The molecule has 1 saturated heterocycles. The Hall–Kier alpha value is -3.19. The predicted molar refractivity (Wildman–Crippen MR) is 120 cm³/mol. The van der Waals surface area contributed by atoms with Crippen LogP contribution in [0.5, 0.6) is 0 Å². The van der Waals surface area contributed by atoms with Crippen molar-refractivity contribution in [2.45, 2.75) is 13.5 Å². The van der Waals surface area contributed by atoms with Crippen molar-refractivity contribution in [1.82, 2.24) is 14.9 Å². The third-order valence-corrected chi connectivity index (χ3v) is 5.62. The summed E-state index contributed by atoms with van der Waals surface area (Å²) in [4.78, 5) is 25.7. The first-order valence-electron chi connectivity index (χ1n) is 10.1. The third kappa shape index (κ3) is 4.94. The summed E-state index contributed by atoms with van der Waals surface area (Å²) in [7, 11) is 0. The molecule has 1 fully saturated rings. The van der Waals surface area contributed by atoms with Gasteiger partial charge in [-0.3, -0.25) is 4.79 Å². The number of hydrogen-bond acceptors (Lipinski definition) is 5. The van der Waals surface area contributed by atoms with Gasteiger partial charge in [-0.15, -0.1) is 0 Å². The maximum Gasteiger partial charge on any atom is 0.257 e. The van der Waals surface area contributed by atoms with Crippen molar-refractivity contribution < 1.29 is 9.18 Å². The van der Waals surface area contributed by atoms with E-state index < -0.39 is 0 Å². The van der Waals surface area contributed by atoms with Crippen molar-refractivity contribution >= 4 is 29.1 Å². The van der Waals surface area contributed by atoms with Gasteiger partial charge < -0.3 is 15.1 Å². The Morgan fingerprint density at radius 2 is 1.81 bits per heavy atom. The second-order valence-corrected chi connectivity index (χ2v) is 7.83. The molecule has 0 unspecified atom stereocenters. The van der Waals surface area contributed by atoms with E-state index in [9.17, 15) is 9.18 Å². The lowest BCUT2D eigenvalue weighted by Gasteiger charge is -2.36. The molecule has 0 atom stereocenters. The van der Waals surface area contributed by atoms with Crippen LogP contribution in [0.2, 0.25) is 5.02 Å². The maximum atomic E-state index is 13.8. The van der Waals surface area contributed by atoms with E-state index in [0.29, 0.717) is 40.9 Å². The highest BCUT2D eigenvalue weighted by Gasteiger charge is 2.24. The van der Waals surface area contributed by atoms with Gasteiger partial charge in [-0.1, -0.05) is 29.8 Å². The normalized spacial score (nSPS) is 13.9. The molecule has 4 rings (SSSR count). The highest BCUT2D eigenvalue weighted by Crippen LogP contribution is 2.20. The molecule has 2 aromatic carbocycles. The van der Waals surface area contributed by atoms with Crippen molar-refractivity contribution in [2.75, 3.05) is 36.4 Å². The second-order valence-electron chi connectivity index (χ2n) is 7.39. The number of benzene rings is 2. The number of nitrogens with zero attached hydrogens (tertiary/aromatic N) is 4. The fourth-order valence-corrected chi connectivity index (χ4v) is 3.69. The van der Waals surface area contributed by atoms with E-state index in [1.165, 1.54) is 6.07 Å². The smallest absolute Gasteiger partial charge is 0.257 e. The zero-order valence-corrected chi connectivity index (χ0v) is 17.9. The summed E-state index contributed by atoms with van der Waals surface area (Å²) in [5.74, 6) is 0.00929. The van der Waals surface area contributed by atoms with Crippen LogP contribution < -0.4 is 10.2 Å². The Bertz CT molecular complexity index is 1070. The van der Waals surface area contributed by atoms with Crippen LogP contribution in [0.1, 0.15) is 21.6 Å². The predicted octanol–water partition coefficient (Wildman–Crippen LogP) is 4.15. The summed E-state index contributed by atoms with van der Waals surface area (Å²) in [6.07, 6.45) is 1.54. The Morgan fingerprint density at radius 3 is 2.48 bits per heavy atom. The van der Waals surface area contributed by atoms with E-state index in [0.717, 1.165) is 18.8 Å². The summed E-state index contributed by atoms with van der Waals surface area (Å²) in [6, 6.07) is 14.3. The van der Waals surface area contributed by atoms with Crippen LogP contribution >= 0.6 is 11.6 Å². The number of rotatable bonds is 5.